The van der Waals surface area contributed by atoms with Gasteiger partial charge in [-0.05, 0) is 47.4 Å². The quantitative estimate of drug-likeness (QED) is 0.678. The smallest absolute Gasteiger partial charge is 0.406 e. The number of carbonyl (C=O) groups is 1. The minimum absolute atomic E-state index is 0.00972. The monoisotopic (exact) mass is 452 g/mol. The fourth-order valence-electron chi connectivity index (χ4n) is 4.61. The Morgan fingerprint density at radius 1 is 1.12 bits per heavy atom. The van der Waals surface area contributed by atoms with Crippen LogP contribution in [0.1, 0.15) is 56.6 Å². The standard InChI is InChI=1S/C21H27F3N6O2/c22-21(23,24)32-18-9-7-15(8-10-18)12-29-13-17(30-14-25-27-28-30)11-19(29)20(31)26-16-5-3-1-2-4-6-16/h7-10,14,16-17,19H,1-6,11-13H2,(H,26,31)/t17-,19+/m1/s1. The lowest BCUT2D eigenvalue weighted by atomic mass is 10.1. The van der Waals surface area contributed by atoms with Crippen molar-refractivity contribution < 1.29 is 22.7 Å². The number of amides is 1. The number of hydrogen-bond donors (Lipinski definition) is 1. The molecule has 32 heavy (non-hydrogen) atoms. The maximum absolute atomic E-state index is 13.2. The first-order valence-electron chi connectivity index (χ1n) is 11.0. The number of rotatable bonds is 6. The minimum atomic E-state index is -4.73. The number of nitrogens with one attached hydrogen (secondary N) is 1. The molecule has 2 aliphatic rings. The van der Waals surface area contributed by atoms with E-state index in [9.17, 15) is 18.0 Å². The van der Waals surface area contributed by atoms with Crippen molar-refractivity contribution >= 4 is 5.91 Å². The highest BCUT2D eigenvalue weighted by molar-refractivity contribution is 5.82. The van der Waals surface area contributed by atoms with Gasteiger partial charge >= 0.3 is 6.36 Å². The highest BCUT2D eigenvalue weighted by Gasteiger charge is 2.39. The zero-order chi connectivity index (χ0) is 22.6. The molecule has 1 aromatic carbocycles. The maximum Gasteiger partial charge on any atom is 0.573 e. The van der Waals surface area contributed by atoms with E-state index in [0.717, 1.165) is 31.2 Å². The molecule has 2 fully saturated rings. The number of ether oxygens (including phenoxy) is 1. The molecule has 1 saturated carbocycles. The Morgan fingerprint density at radius 3 is 2.47 bits per heavy atom. The topological polar surface area (TPSA) is 85.2 Å². The number of likely N-dealkylation sites (tertiary alicyclic amines) is 1. The largest absolute Gasteiger partial charge is 0.573 e. The first-order chi connectivity index (χ1) is 15.4. The normalized spacial score (nSPS) is 23.1. The molecule has 1 saturated heterocycles. The number of nitrogens with zero attached hydrogens (tertiary/aromatic N) is 5. The Balaban J connectivity index is 1.45. The molecule has 11 heteroatoms. The van der Waals surface area contributed by atoms with Crippen molar-refractivity contribution in [3.63, 3.8) is 0 Å². The fraction of sp³-hybridized carbons (Fsp3) is 0.619. The summed E-state index contributed by atoms with van der Waals surface area (Å²) in [4.78, 5) is 15.2. The number of halogens is 3. The SMILES string of the molecule is O=C(NC1CCCCCC1)[C@@H]1C[C@@H](n2cnnn2)CN1Cc1ccc(OC(F)(F)F)cc1. The molecule has 1 aliphatic carbocycles. The molecule has 2 aromatic rings. The summed E-state index contributed by atoms with van der Waals surface area (Å²) in [5.74, 6) is -0.276. The van der Waals surface area contributed by atoms with Gasteiger partial charge in [0, 0.05) is 19.1 Å². The Kier molecular flexibility index (Phi) is 6.92. The van der Waals surface area contributed by atoms with Crippen molar-refractivity contribution in [2.75, 3.05) is 6.54 Å². The third-order valence-corrected chi connectivity index (χ3v) is 6.17. The Hall–Kier alpha value is -2.69. The van der Waals surface area contributed by atoms with Crippen LogP contribution in [0.25, 0.3) is 0 Å². The molecule has 1 aliphatic heterocycles. The first-order valence-corrected chi connectivity index (χ1v) is 11.0. The molecule has 1 N–H and O–H groups in total. The predicted octanol–water partition coefficient (Wildman–Crippen LogP) is 3.23. The van der Waals surface area contributed by atoms with Gasteiger partial charge in [-0.2, -0.15) is 0 Å². The number of benzene rings is 1. The summed E-state index contributed by atoms with van der Waals surface area (Å²) in [5, 5.41) is 14.6. The van der Waals surface area contributed by atoms with Gasteiger partial charge in [-0.3, -0.25) is 9.69 Å². The summed E-state index contributed by atoms with van der Waals surface area (Å²) in [6, 6.07) is 5.53. The molecule has 1 amide bonds. The van der Waals surface area contributed by atoms with Crippen LogP contribution in [-0.2, 0) is 11.3 Å². The minimum Gasteiger partial charge on any atom is -0.406 e. The molecule has 1 aromatic heterocycles. The van der Waals surface area contributed by atoms with Crippen LogP contribution in [0.2, 0.25) is 0 Å². The summed E-state index contributed by atoms with van der Waals surface area (Å²) in [5.41, 5.74) is 0.796. The van der Waals surface area contributed by atoms with Crippen molar-refractivity contribution in [2.24, 2.45) is 0 Å². The van der Waals surface area contributed by atoms with Gasteiger partial charge in [-0.25, -0.2) is 4.68 Å². The van der Waals surface area contributed by atoms with E-state index in [1.165, 1.54) is 31.3 Å². The van der Waals surface area contributed by atoms with Crippen LogP contribution in [0.4, 0.5) is 13.2 Å². The summed E-state index contributed by atoms with van der Waals surface area (Å²) < 4.78 is 42.8. The van der Waals surface area contributed by atoms with Crippen LogP contribution < -0.4 is 10.1 Å². The van der Waals surface area contributed by atoms with Crippen molar-refractivity contribution in [3.8, 4) is 5.75 Å². The summed E-state index contributed by atoms with van der Waals surface area (Å²) in [6.07, 6.45) is 4.03. The van der Waals surface area contributed by atoms with Gasteiger partial charge in [0.05, 0.1) is 12.1 Å². The van der Waals surface area contributed by atoms with E-state index >= 15 is 0 Å². The average molecular weight is 452 g/mol. The van der Waals surface area contributed by atoms with Gasteiger partial charge in [0.2, 0.25) is 5.91 Å². The lowest BCUT2D eigenvalue weighted by molar-refractivity contribution is -0.274. The third-order valence-electron chi connectivity index (χ3n) is 6.17. The number of aromatic nitrogens is 4. The molecule has 4 rings (SSSR count). The number of hydrogen-bond acceptors (Lipinski definition) is 6. The Labute approximate surface area is 184 Å². The van der Waals surface area contributed by atoms with Crippen molar-refractivity contribution in [2.45, 2.75) is 76.0 Å². The Morgan fingerprint density at radius 2 is 1.84 bits per heavy atom. The predicted molar refractivity (Wildman–Crippen MR) is 108 cm³/mol. The maximum atomic E-state index is 13.2. The molecule has 0 bridgehead atoms. The molecule has 8 nitrogen and oxygen atoms in total. The molecule has 174 valence electrons. The van der Waals surface area contributed by atoms with Gasteiger partial charge in [0.25, 0.3) is 0 Å². The van der Waals surface area contributed by atoms with Crippen LogP contribution >= 0.6 is 0 Å². The second-order valence-corrected chi connectivity index (χ2v) is 8.51. The summed E-state index contributed by atoms with van der Waals surface area (Å²) >= 11 is 0. The lowest BCUT2D eigenvalue weighted by Gasteiger charge is -2.26. The van der Waals surface area contributed by atoms with Gasteiger partial charge in [0.15, 0.2) is 0 Å². The van der Waals surface area contributed by atoms with E-state index < -0.39 is 6.36 Å². The van der Waals surface area contributed by atoms with Crippen LogP contribution in [0.3, 0.4) is 0 Å². The van der Waals surface area contributed by atoms with E-state index in [-0.39, 0.29) is 29.8 Å². The molecule has 0 unspecified atom stereocenters. The van der Waals surface area contributed by atoms with E-state index in [0.29, 0.717) is 19.5 Å². The zero-order valence-electron chi connectivity index (χ0n) is 17.7. The van der Waals surface area contributed by atoms with Gasteiger partial charge in [-0.1, -0.05) is 37.8 Å². The highest BCUT2D eigenvalue weighted by Crippen LogP contribution is 2.30. The second-order valence-electron chi connectivity index (χ2n) is 8.51. The van der Waals surface area contributed by atoms with Crippen LogP contribution in [0.5, 0.6) is 5.75 Å². The average Bonchev–Trinajstić information content (AvgIpc) is 3.34. The Bertz CT molecular complexity index is 867. The van der Waals surface area contributed by atoms with E-state index in [4.69, 9.17) is 0 Å². The van der Waals surface area contributed by atoms with Crippen molar-refractivity contribution in [3.05, 3.63) is 36.2 Å². The molecule has 2 atom stereocenters. The molecule has 0 spiro atoms. The third kappa shape index (κ3) is 5.96. The van der Waals surface area contributed by atoms with Crippen molar-refractivity contribution in [1.29, 1.82) is 0 Å². The molecule has 0 radical (unpaired) electrons. The molecular weight excluding hydrogens is 425 g/mol. The van der Waals surface area contributed by atoms with Gasteiger partial charge in [0.1, 0.15) is 12.1 Å². The summed E-state index contributed by atoms with van der Waals surface area (Å²) in [7, 11) is 0. The van der Waals surface area contributed by atoms with Crippen LogP contribution in [0, 0.1) is 0 Å². The van der Waals surface area contributed by atoms with Gasteiger partial charge in [-0.15, -0.1) is 18.3 Å². The number of carbonyl (C=O) groups excluding carboxylic acids is 1. The van der Waals surface area contributed by atoms with E-state index in [1.54, 1.807) is 16.8 Å². The molecule has 2 heterocycles. The lowest BCUT2D eigenvalue weighted by Crippen LogP contribution is -2.46. The van der Waals surface area contributed by atoms with Crippen molar-refractivity contribution in [1.82, 2.24) is 30.4 Å². The number of alkyl halides is 3. The van der Waals surface area contributed by atoms with E-state index in [1.807, 2.05) is 4.90 Å². The summed E-state index contributed by atoms with van der Waals surface area (Å²) in [6.45, 7) is 0.988. The van der Waals surface area contributed by atoms with Crippen LogP contribution in [0.15, 0.2) is 30.6 Å². The zero-order valence-corrected chi connectivity index (χ0v) is 17.7. The number of tetrazole rings is 1. The fourth-order valence-corrected chi connectivity index (χ4v) is 4.61. The highest BCUT2D eigenvalue weighted by atomic mass is 19.4. The van der Waals surface area contributed by atoms with E-state index in [2.05, 4.69) is 25.6 Å². The second kappa shape index (κ2) is 9.85. The molecular formula is C21H27F3N6O2. The van der Waals surface area contributed by atoms with Gasteiger partial charge < -0.3 is 10.1 Å². The first kappa shape index (κ1) is 22.5. The van der Waals surface area contributed by atoms with Crippen LogP contribution in [-0.4, -0.2) is 56.0 Å².